The molecule has 3 N–H and O–H groups in total. The number of sulfonamides is 1. The van der Waals surface area contributed by atoms with Crippen LogP contribution in [0.15, 0.2) is 47.6 Å². The molecular formula is C21H19N5O3S2. The highest BCUT2D eigenvalue weighted by Gasteiger charge is 2.22. The van der Waals surface area contributed by atoms with Crippen molar-refractivity contribution in [3.05, 3.63) is 70.0 Å². The number of fused-ring (bicyclic) bond motifs is 1. The molecule has 0 saturated heterocycles. The Hall–Kier alpha value is -3.37. The summed E-state index contributed by atoms with van der Waals surface area (Å²) in [6.07, 6.45) is 2.86. The number of anilines is 2. The van der Waals surface area contributed by atoms with E-state index in [9.17, 15) is 13.2 Å². The van der Waals surface area contributed by atoms with E-state index in [2.05, 4.69) is 19.7 Å². The van der Waals surface area contributed by atoms with E-state index in [1.54, 1.807) is 6.07 Å². The SMILES string of the molecule is Cc1nc2sc(C(=O)c3ccc(S(=O)(=O)Nc4ncccn4)cc3)c(N)c2c(C)c1C. The van der Waals surface area contributed by atoms with E-state index in [4.69, 9.17) is 5.73 Å². The number of aryl methyl sites for hydroxylation is 2. The Morgan fingerprint density at radius 2 is 1.68 bits per heavy atom. The Labute approximate surface area is 183 Å². The van der Waals surface area contributed by atoms with Crippen molar-refractivity contribution in [2.45, 2.75) is 25.7 Å². The van der Waals surface area contributed by atoms with Crippen molar-refractivity contribution in [1.82, 2.24) is 15.0 Å². The molecule has 0 atom stereocenters. The number of nitrogens with zero attached hydrogens (tertiary/aromatic N) is 3. The highest BCUT2D eigenvalue weighted by Crippen LogP contribution is 2.37. The molecule has 0 unspecified atom stereocenters. The molecular weight excluding hydrogens is 434 g/mol. The smallest absolute Gasteiger partial charge is 0.264 e. The minimum Gasteiger partial charge on any atom is -0.397 e. The van der Waals surface area contributed by atoms with Crippen LogP contribution in [-0.4, -0.2) is 29.2 Å². The van der Waals surface area contributed by atoms with Gasteiger partial charge in [0, 0.05) is 29.0 Å². The predicted octanol–water partition coefficient (Wildman–Crippen LogP) is 3.63. The number of rotatable bonds is 5. The van der Waals surface area contributed by atoms with Crippen LogP contribution in [0.1, 0.15) is 32.1 Å². The van der Waals surface area contributed by atoms with E-state index < -0.39 is 10.0 Å². The van der Waals surface area contributed by atoms with Gasteiger partial charge in [0.2, 0.25) is 11.7 Å². The highest BCUT2D eigenvalue weighted by atomic mass is 32.2. The molecule has 158 valence electrons. The molecule has 0 aliphatic carbocycles. The van der Waals surface area contributed by atoms with Gasteiger partial charge in [0.25, 0.3) is 10.0 Å². The van der Waals surface area contributed by atoms with Crippen LogP contribution in [0.4, 0.5) is 11.6 Å². The van der Waals surface area contributed by atoms with Crippen molar-refractivity contribution in [1.29, 1.82) is 0 Å². The van der Waals surface area contributed by atoms with Crippen LogP contribution in [0.3, 0.4) is 0 Å². The summed E-state index contributed by atoms with van der Waals surface area (Å²) in [5.41, 5.74) is 9.99. The van der Waals surface area contributed by atoms with E-state index in [1.165, 1.54) is 48.0 Å². The van der Waals surface area contributed by atoms with Gasteiger partial charge in [-0.2, -0.15) is 0 Å². The highest BCUT2D eigenvalue weighted by molar-refractivity contribution is 7.92. The van der Waals surface area contributed by atoms with Gasteiger partial charge in [-0.25, -0.2) is 28.1 Å². The average molecular weight is 454 g/mol. The molecule has 10 heteroatoms. The first-order valence-electron chi connectivity index (χ1n) is 9.29. The number of carbonyl (C=O) groups excluding carboxylic acids is 1. The van der Waals surface area contributed by atoms with Crippen molar-refractivity contribution >= 4 is 49.0 Å². The number of nitrogens with two attached hydrogens (primary N) is 1. The lowest BCUT2D eigenvalue weighted by molar-refractivity contribution is 0.104. The summed E-state index contributed by atoms with van der Waals surface area (Å²) in [6.45, 7) is 5.86. The van der Waals surface area contributed by atoms with Crippen molar-refractivity contribution in [3.8, 4) is 0 Å². The molecule has 0 bridgehead atoms. The van der Waals surface area contributed by atoms with Gasteiger partial charge in [-0.1, -0.05) is 0 Å². The molecule has 31 heavy (non-hydrogen) atoms. The molecule has 0 aliphatic heterocycles. The van der Waals surface area contributed by atoms with Crippen LogP contribution in [-0.2, 0) is 10.0 Å². The third-order valence-electron chi connectivity index (χ3n) is 5.10. The Morgan fingerprint density at radius 3 is 2.32 bits per heavy atom. The molecule has 0 radical (unpaired) electrons. The molecule has 0 saturated carbocycles. The van der Waals surface area contributed by atoms with E-state index in [1.807, 2.05) is 20.8 Å². The van der Waals surface area contributed by atoms with Gasteiger partial charge in [0.05, 0.1) is 10.6 Å². The summed E-state index contributed by atoms with van der Waals surface area (Å²) in [7, 11) is -3.88. The van der Waals surface area contributed by atoms with Crippen LogP contribution in [0.5, 0.6) is 0 Å². The lowest BCUT2D eigenvalue weighted by Crippen LogP contribution is -2.15. The molecule has 3 aromatic heterocycles. The van der Waals surface area contributed by atoms with E-state index in [0.29, 0.717) is 21.0 Å². The lowest BCUT2D eigenvalue weighted by atomic mass is 10.0. The van der Waals surface area contributed by atoms with Crippen molar-refractivity contribution in [2.24, 2.45) is 0 Å². The van der Waals surface area contributed by atoms with E-state index >= 15 is 0 Å². The largest absolute Gasteiger partial charge is 0.397 e. The monoisotopic (exact) mass is 453 g/mol. The number of hydrogen-bond donors (Lipinski definition) is 2. The Balaban J connectivity index is 1.66. The molecule has 3 heterocycles. The Kier molecular flexibility index (Phi) is 5.19. The average Bonchev–Trinajstić information content (AvgIpc) is 3.08. The van der Waals surface area contributed by atoms with Gasteiger partial charge in [-0.05, 0) is 62.2 Å². The number of benzene rings is 1. The molecule has 4 rings (SSSR count). The van der Waals surface area contributed by atoms with Gasteiger partial charge >= 0.3 is 0 Å². The van der Waals surface area contributed by atoms with Crippen LogP contribution in [0, 0.1) is 20.8 Å². The number of aromatic nitrogens is 3. The third kappa shape index (κ3) is 3.75. The fourth-order valence-electron chi connectivity index (χ4n) is 3.18. The normalized spacial score (nSPS) is 11.6. The number of ketones is 1. The van der Waals surface area contributed by atoms with Gasteiger partial charge < -0.3 is 5.73 Å². The minimum atomic E-state index is -3.88. The molecule has 0 spiro atoms. The van der Waals surface area contributed by atoms with Crippen LogP contribution < -0.4 is 10.5 Å². The zero-order valence-electron chi connectivity index (χ0n) is 17.0. The minimum absolute atomic E-state index is 0.00965. The van der Waals surface area contributed by atoms with Gasteiger partial charge in [0.15, 0.2) is 0 Å². The fraction of sp³-hybridized carbons (Fsp3) is 0.143. The number of hydrogen-bond acceptors (Lipinski definition) is 8. The summed E-state index contributed by atoms with van der Waals surface area (Å²) in [4.78, 5) is 26.5. The van der Waals surface area contributed by atoms with Crippen LogP contribution >= 0.6 is 11.3 Å². The second kappa shape index (κ2) is 7.71. The summed E-state index contributed by atoms with van der Waals surface area (Å²) in [5.74, 6) is -0.312. The number of pyridine rings is 1. The first-order valence-corrected chi connectivity index (χ1v) is 11.6. The summed E-state index contributed by atoms with van der Waals surface area (Å²) >= 11 is 1.24. The quantitative estimate of drug-likeness (QED) is 0.442. The third-order valence-corrected chi connectivity index (χ3v) is 7.54. The first-order chi connectivity index (χ1) is 14.7. The molecule has 4 aromatic rings. The van der Waals surface area contributed by atoms with Gasteiger partial charge in [-0.15, -0.1) is 11.3 Å². The first kappa shape index (κ1) is 20.9. The maximum Gasteiger partial charge on any atom is 0.264 e. The maximum atomic E-state index is 13.1. The van der Waals surface area contributed by atoms with E-state index in [0.717, 1.165) is 22.2 Å². The summed E-state index contributed by atoms with van der Waals surface area (Å²) < 4.78 is 27.3. The maximum absolute atomic E-state index is 13.1. The molecule has 0 amide bonds. The molecule has 1 aromatic carbocycles. The van der Waals surface area contributed by atoms with Crippen LogP contribution in [0.25, 0.3) is 10.2 Å². The predicted molar refractivity (Wildman–Crippen MR) is 121 cm³/mol. The van der Waals surface area contributed by atoms with Crippen molar-refractivity contribution < 1.29 is 13.2 Å². The standard InChI is InChI=1S/C21H19N5O3S2/c1-11-12(2)16-17(22)19(30-20(16)25-13(11)3)18(27)14-5-7-15(8-6-14)31(28,29)26-21-23-9-4-10-24-21/h4-10H,22H2,1-3H3,(H,23,24,26). The molecule has 0 aliphatic rings. The molecule has 0 fully saturated rings. The van der Waals surface area contributed by atoms with Crippen LogP contribution in [0.2, 0.25) is 0 Å². The number of thiophene rings is 1. The van der Waals surface area contributed by atoms with Crippen molar-refractivity contribution in [3.63, 3.8) is 0 Å². The number of nitrogens with one attached hydrogen (secondary N) is 1. The van der Waals surface area contributed by atoms with Crippen molar-refractivity contribution in [2.75, 3.05) is 10.5 Å². The lowest BCUT2D eigenvalue weighted by Gasteiger charge is -2.07. The van der Waals surface area contributed by atoms with Gasteiger partial charge in [-0.3, -0.25) is 4.79 Å². The van der Waals surface area contributed by atoms with Gasteiger partial charge in [0.1, 0.15) is 9.71 Å². The Bertz CT molecular complexity index is 1410. The van der Waals surface area contributed by atoms with E-state index in [-0.39, 0.29) is 16.6 Å². The fourth-order valence-corrected chi connectivity index (χ4v) is 5.31. The number of nitrogen functional groups attached to an aromatic ring is 1. The zero-order valence-corrected chi connectivity index (χ0v) is 18.6. The number of carbonyl (C=O) groups is 1. The Morgan fingerprint density at radius 1 is 1.03 bits per heavy atom. The summed E-state index contributed by atoms with van der Waals surface area (Å²) in [5, 5.41) is 0.794. The summed E-state index contributed by atoms with van der Waals surface area (Å²) in [6, 6.07) is 7.23. The zero-order chi connectivity index (χ0) is 22.3. The second-order valence-electron chi connectivity index (χ2n) is 7.00. The molecule has 8 nitrogen and oxygen atoms in total. The second-order valence-corrected chi connectivity index (χ2v) is 9.69. The topological polar surface area (TPSA) is 128 Å².